The maximum absolute atomic E-state index is 13.5. The smallest absolute Gasteiger partial charge is 0.126 e. The molecule has 104 valence electrons. The van der Waals surface area contributed by atoms with Gasteiger partial charge in [0.05, 0.1) is 0 Å². The summed E-state index contributed by atoms with van der Waals surface area (Å²) >= 11 is 0. The van der Waals surface area contributed by atoms with Gasteiger partial charge < -0.3 is 4.90 Å². The van der Waals surface area contributed by atoms with E-state index in [1.807, 2.05) is 7.05 Å². The molecular formula is C17H17F2N. The van der Waals surface area contributed by atoms with E-state index in [4.69, 9.17) is 0 Å². The Morgan fingerprint density at radius 2 is 1.75 bits per heavy atom. The van der Waals surface area contributed by atoms with E-state index in [1.54, 1.807) is 0 Å². The largest absolute Gasteiger partial charge is 0.301 e. The van der Waals surface area contributed by atoms with Crippen LogP contribution in [0.1, 0.15) is 28.2 Å². The average molecular weight is 273 g/mol. The molecule has 20 heavy (non-hydrogen) atoms. The van der Waals surface area contributed by atoms with E-state index in [0.29, 0.717) is 5.56 Å². The summed E-state index contributed by atoms with van der Waals surface area (Å²) in [6.07, 6.45) is 0. The van der Waals surface area contributed by atoms with Crippen LogP contribution in [-0.4, -0.2) is 18.5 Å². The van der Waals surface area contributed by atoms with Gasteiger partial charge in [-0.05, 0) is 42.8 Å². The van der Waals surface area contributed by atoms with Crippen LogP contribution in [0.4, 0.5) is 8.78 Å². The molecule has 0 aromatic heterocycles. The molecule has 1 aliphatic heterocycles. The number of hydrogen-bond donors (Lipinski definition) is 0. The highest BCUT2D eigenvalue weighted by Crippen LogP contribution is 2.34. The minimum Gasteiger partial charge on any atom is -0.301 e. The Kier molecular flexibility index (Phi) is 3.30. The first kappa shape index (κ1) is 13.3. The molecule has 2 aromatic rings. The van der Waals surface area contributed by atoms with Gasteiger partial charge in [-0.1, -0.05) is 23.8 Å². The van der Waals surface area contributed by atoms with E-state index in [0.717, 1.165) is 19.2 Å². The standard InChI is InChI=1S/C17H17F2N/c1-11-3-4-16-13(5-11)9-20(2)10-17(16)12-6-14(18)8-15(19)7-12/h3-8,17H,9-10H2,1-2H3/t17-/m0/s1. The summed E-state index contributed by atoms with van der Waals surface area (Å²) in [7, 11) is 2.04. The zero-order valence-electron chi connectivity index (χ0n) is 11.7. The zero-order chi connectivity index (χ0) is 14.3. The molecule has 0 fully saturated rings. The van der Waals surface area contributed by atoms with Gasteiger partial charge in [0.25, 0.3) is 0 Å². The van der Waals surface area contributed by atoms with Crippen molar-refractivity contribution in [2.24, 2.45) is 0 Å². The zero-order valence-corrected chi connectivity index (χ0v) is 11.7. The summed E-state index contributed by atoms with van der Waals surface area (Å²) in [6.45, 7) is 3.72. The van der Waals surface area contributed by atoms with Gasteiger partial charge in [0.1, 0.15) is 11.6 Å². The molecule has 0 unspecified atom stereocenters. The Hall–Kier alpha value is -1.74. The maximum Gasteiger partial charge on any atom is 0.126 e. The van der Waals surface area contributed by atoms with Crippen molar-refractivity contribution in [1.29, 1.82) is 0 Å². The monoisotopic (exact) mass is 273 g/mol. The highest BCUT2D eigenvalue weighted by molar-refractivity contribution is 5.42. The molecule has 1 heterocycles. The van der Waals surface area contributed by atoms with Gasteiger partial charge in [-0.15, -0.1) is 0 Å². The fourth-order valence-electron chi connectivity index (χ4n) is 3.04. The fourth-order valence-corrected chi connectivity index (χ4v) is 3.04. The quantitative estimate of drug-likeness (QED) is 0.763. The van der Waals surface area contributed by atoms with Gasteiger partial charge in [-0.3, -0.25) is 0 Å². The van der Waals surface area contributed by atoms with Crippen LogP contribution in [-0.2, 0) is 6.54 Å². The Morgan fingerprint density at radius 1 is 1.05 bits per heavy atom. The molecule has 0 amide bonds. The van der Waals surface area contributed by atoms with Crippen molar-refractivity contribution >= 4 is 0 Å². The summed E-state index contributed by atoms with van der Waals surface area (Å²) in [5.41, 5.74) is 4.34. The third kappa shape index (κ3) is 2.46. The summed E-state index contributed by atoms with van der Waals surface area (Å²) in [6, 6.07) is 10.1. The first-order chi connectivity index (χ1) is 9.52. The van der Waals surface area contributed by atoms with Gasteiger partial charge in [0.15, 0.2) is 0 Å². The van der Waals surface area contributed by atoms with Crippen molar-refractivity contribution < 1.29 is 8.78 Å². The number of hydrogen-bond acceptors (Lipinski definition) is 1. The third-order valence-electron chi connectivity index (χ3n) is 3.90. The number of nitrogens with zero attached hydrogens (tertiary/aromatic N) is 1. The Bertz CT molecular complexity index is 631. The topological polar surface area (TPSA) is 3.24 Å². The molecule has 0 saturated heterocycles. The maximum atomic E-state index is 13.5. The fraction of sp³-hybridized carbons (Fsp3) is 0.294. The Labute approximate surface area is 117 Å². The number of likely N-dealkylation sites (N-methyl/N-ethyl adjacent to an activating group) is 1. The SMILES string of the molecule is Cc1ccc2c(c1)CN(C)C[C@H]2c1cc(F)cc(F)c1. The van der Waals surface area contributed by atoms with Crippen LogP contribution in [0.15, 0.2) is 36.4 Å². The van der Waals surface area contributed by atoms with E-state index < -0.39 is 11.6 Å². The average Bonchev–Trinajstić information content (AvgIpc) is 2.36. The molecule has 1 nitrogen and oxygen atoms in total. The molecule has 2 aromatic carbocycles. The first-order valence-corrected chi connectivity index (χ1v) is 6.77. The summed E-state index contributed by atoms with van der Waals surface area (Å²) < 4.78 is 26.9. The lowest BCUT2D eigenvalue weighted by Gasteiger charge is -2.33. The second kappa shape index (κ2) is 4.98. The molecule has 3 heteroatoms. The summed E-state index contributed by atoms with van der Waals surface area (Å²) in [4.78, 5) is 2.19. The van der Waals surface area contributed by atoms with Gasteiger partial charge in [-0.2, -0.15) is 0 Å². The predicted molar refractivity (Wildman–Crippen MR) is 75.7 cm³/mol. The van der Waals surface area contributed by atoms with Crippen LogP contribution >= 0.6 is 0 Å². The highest BCUT2D eigenvalue weighted by atomic mass is 19.1. The number of halogens is 2. The molecule has 0 aliphatic carbocycles. The minimum absolute atomic E-state index is 0.0227. The second-order valence-corrected chi connectivity index (χ2v) is 5.65. The second-order valence-electron chi connectivity index (χ2n) is 5.65. The van der Waals surface area contributed by atoms with Crippen molar-refractivity contribution in [2.45, 2.75) is 19.4 Å². The van der Waals surface area contributed by atoms with Crippen molar-refractivity contribution in [3.63, 3.8) is 0 Å². The van der Waals surface area contributed by atoms with Crippen LogP contribution in [0, 0.1) is 18.6 Å². The molecule has 0 radical (unpaired) electrons. The molecule has 1 atom stereocenters. The van der Waals surface area contributed by atoms with Crippen LogP contribution in [0.25, 0.3) is 0 Å². The molecule has 0 spiro atoms. The van der Waals surface area contributed by atoms with Gasteiger partial charge >= 0.3 is 0 Å². The van der Waals surface area contributed by atoms with Crippen LogP contribution in [0.5, 0.6) is 0 Å². The lowest BCUT2D eigenvalue weighted by molar-refractivity contribution is 0.294. The van der Waals surface area contributed by atoms with E-state index in [9.17, 15) is 8.78 Å². The van der Waals surface area contributed by atoms with Crippen LogP contribution < -0.4 is 0 Å². The van der Waals surface area contributed by atoms with Gasteiger partial charge in [0, 0.05) is 25.1 Å². The molecule has 0 bridgehead atoms. The van der Waals surface area contributed by atoms with Crippen molar-refractivity contribution in [1.82, 2.24) is 4.90 Å². The van der Waals surface area contributed by atoms with E-state index in [2.05, 4.69) is 30.0 Å². The normalized spacial score (nSPS) is 18.9. The van der Waals surface area contributed by atoms with Crippen LogP contribution in [0.3, 0.4) is 0 Å². The van der Waals surface area contributed by atoms with Crippen molar-refractivity contribution in [3.05, 3.63) is 70.3 Å². The number of fused-ring (bicyclic) bond motifs is 1. The van der Waals surface area contributed by atoms with Gasteiger partial charge in [-0.25, -0.2) is 8.78 Å². The first-order valence-electron chi connectivity index (χ1n) is 6.77. The van der Waals surface area contributed by atoms with Crippen molar-refractivity contribution in [3.8, 4) is 0 Å². The number of aryl methyl sites for hydroxylation is 1. The molecule has 0 saturated carbocycles. The number of rotatable bonds is 1. The Balaban J connectivity index is 2.10. The lowest BCUT2D eigenvalue weighted by atomic mass is 9.84. The summed E-state index contributed by atoms with van der Waals surface area (Å²) in [5.74, 6) is -1.00. The van der Waals surface area contributed by atoms with E-state index >= 15 is 0 Å². The Morgan fingerprint density at radius 3 is 2.45 bits per heavy atom. The predicted octanol–water partition coefficient (Wildman–Crippen LogP) is 3.85. The third-order valence-corrected chi connectivity index (χ3v) is 3.90. The summed E-state index contributed by atoms with van der Waals surface area (Å²) in [5, 5.41) is 0. The van der Waals surface area contributed by atoms with E-state index in [1.165, 1.54) is 28.8 Å². The highest BCUT2D eigenvalue weighted by Gasteiger charge is 2.25. The number of benzene rings is 2. The molecule has 0 N–H and O–H groups in total. The van der Waals surface area contributed by atoms with Gasteiger partial charge in [0.2, 0.25) is 0 Å². The van der Waals surface area contributed by atoms with Crippen molar-refractivity contribution in [2.75, 3.05) is 13.6 Å². The molecule has 3 rings (SSSR count). The van der Waals surface area contributed by atoms with E-state index in [-0.39, 0.29) is 5.92 Å². The lowest BCUT2D eigenvalue weighted by Crippen LogP contribution is -2.31. The molecular weight excluding hydrogens is 256 g/mol. The molecule has 1 aliphatic rings. The van der Waals surface area contributed by atoms with Crippen LogP contribution in [0.2, 0.25) is 0 Å². The minimum atomic E-state index is -0.512.